The fraction of sp³-hybridized carbons (Fsp3) is 0.524. The van der Waals surface area contributed by atoms with Gasteiger partial charge in [-0.1, -0.05) is 43.2 Å². The molecule has 2 aliphatic rings. The van der Waals surface area contributed by atoms with Gasteiger partial charge in [-0.05, 0) is 25.7 Å². The number of nitrogens with zero attached hydrogens (tertiary/aromatic N) is 3. The van der Waals surface area contributed by atoms with Crippen molar-refractivity contribution in [2.45, 2.75) is 49.5 Å². The number of esters is 1. The molecule has 0 amide bonds. The zero-order valence-electron chi connectivity index (χ0n) is 16.7. The van der Waals surface area contributed by atoms with Crippen molar-refractivity contribution >= 4 is 16.0 Å². The van der Waals surface area contributed by atoms with Gasteiger partial charge < -0.3 is 4.74 Å². The summed E-state index contributed by atoms with van der Waals surface area (Å²) in [4.78, 5) is 12.0. The van der Waals surface area contributed by atoms with Crippen LogP contribution in [0.2, 0.25) is 0 Å². The number of rotatable bonds is 5. The lowest BCUT2D eigenvalue weighted by molar-refractivity contribution is -0.146. The van der Waals surface area contributed by atoms with E-state index in [0.717, 1.165) is 31.2 Å². The number of aromatic nitrogens is 2. The van der Waals surface area contributed by atoms with Crippen LogP contribution in [-0.4, -0.2) is 48.7 Å². The molecule has 1 aliphatic heterocycles. The molecule has 29 heavy (non-hydrogen) atoms. The molecule has 8 heteroatoms. The van der Waals surface area contributed by atoms with Crippen LogP contribution in [0.4, 0.5) is 0 Å². The van der Waals surface area contributed by atoms with E-state index in [9.17, 15) is 13.2 Å². The fourth-order valence-corrected chi connectivity index (χ4v) is 5.97. The molecule has 0 bridgehead atoms. The van der Waals surface area contributed by atoms with E-state index in [4.69, 9.17) is 9.84 Å². The number of carbonyl (C=O) groups is 1. The van der Waals surface area contributed by atoms with Crippen molar-refractivity contribution < 1.29 is 17.9 Å². The first-order valence-electron chi connectivity index (χ1n) is 10.2. The van der Waals surface area contributed by atoms with Gasteiger partial charge >= 0.3 is 5.97 Å². The Kier molecular flexibility index (Phi) is 5.74. The highest BCUT2D eigenvalue weighted by Gasteiger charge is 2.35. The van der Waals surface area contributed by atoms with Crippen molar-refractivity contribution in [1.82, 2.24) is 14.1 Å². The molecule has 1 aromatic heterocycles. The summed E-state index contributed by atoms with van der Waals surface area (Å²) in [5.41, 5.74) is 1.31. The second-order valence-corrected chi connectivity index (χ2v) is 9.73. The molecule has 0 atom stereocenters. The molecule has 0 radical (unpaired) electrons. The summed E-state index contributed by atoms with van der Waals surface area (Å²) < 4.78 is 35.2. The van der Waals surface area contributed by atoms with Gasteiger partial charge in [0.25, 0.3) is 0 Å². The highest BCUT2D eigenvalue weighted by molar-refractivity contribution is 7.89. The molecule has 156 valence electrons. The molecule has 2 heterocycles. The molecule has 1 aliphatic carbocycles. The van der Waals surface area contributed by atoms with Gasteiger partial charge in [0, 0.05) is 24.8 Å². The van der Waals surface area contributed by atoms with Crippen LogP contribution in [0.1, 0.15) is 44.6 Å². The third kappa shape index (κ3) is 3.96. The number of piperidine rings is 1. The van der Waals surface area contributed by atoms with Crippen LogP contribution >= 0.6 is 0 Å². The number of methoxy groups -OCH3 is 1. The standard InChI is InChI=1S/C21H27N3O4S/c1-28-21(25)17-11-13-23(14-12-17)29(26,27)19-15-24(18-9-5-6-10-18)22-20(19)16-7-3-2-4-8-16/h2-4,7-8,15,17-18H,5-6,9-14H2,1H3. The molecule has 0 spiro atoms. The van der Waals surface area contributed by atoms with E-state index >= 15 is 0 Å². The van der Waals surface area contributed by atoms with Crippen LogP contribution in [-0.2, 0) is 19.6 Å². The van der Waals surface area contributed by atoms with Crippen molar-refractivity contribution in [3.05, 3.63) is 36.5 Å². The summed E-state index contributed by atoms with van der Waals surface area (Å²) in [5.74, 6) is -0.498. The van der Waals surface area contributed by atoms with Gasteiger partial charge in [-0.25, -0.2) is 8.42 Å². The first kappa shape index (κ1) is 20.1. The SMILES string of the molecule is COC(=O)C1CCN(S(=O)(=O)c2cn(C3CCCC3)nc2-c2ccccc2)CC1. The summed E-state index contributed by atoms with van der Waals surface area (Å²) in [6.07, 6.45) is 7.01. The lowest BCUT2D eigenvalue weighted by Crippen LogP contribution is -2.40. The summed E-state index contributed by atoms with van der Waals surface area (Å²) in [6.45, 7) is 0.621. The highest BCUT2D eigenvalue weighted by Crippen LogP contribution is 2.35. The number of carbonyl (C=O) groups excluding carboxylic acids is 1. The summed E-state index contributed by atoms with van der Waals surface area (Å²) in [7, 11) is -2.34. The number of ether oxygens (including phenoxy) is 1. The topological polar surface area (TPSA) is 81.5 Å². The minimum atomic E-state index is -3.71. The molecule has 7 nitrogen and oxygen atoms in total. The molecule has 1 saturated carbocycles. The summed E-state index contributed by atoms with van der Waals surface area (Å²) in [5, 5.41) is 4.72. The quantitative estimate of drug-likeness (QED) is 0.698. The van der Waals surface area contributed by atoms with Gasteiger partial charge in [-0.15, -0.1) is 0 Å². The average Bonchev–Trinajstić information content (AvgIpc) is 3.44. The molecular weight excluding hydrogens is 390 g/mol. The second-order valence-electron chi connectivity index (χ2n) is 7.83. The zero-order valence-corrected chi connectivity index (χ0v) is 17.5. The van der Waals surface area contributed by atoms with E-state index in [2.05, 4.69) is 0 Å². The lowest BCUT2D eigenvalue weighted by Gasteiger charge is -2.29. The van der Waals surface area contributed by atoms with E-state index in [-0.39, 0.29) is 22.8 Å². The molecule has 2 fully saturated rings. The maximum absolute atomic E-state index is 13.5. The van der Waals surface area contributed by atoms with Crippen molar-refractivity contribution in [1.29, 1.82) is 0 Å². The molecule has 1 saturated heterocycles. The molecular formula is C21H27N3O4S. The Morgan fingerprint density at radius 3 is 2.34 bits per heavy atom. The fourth-order valence-electron chi connectivity index (χ4n) is 4.35. The van der Waals surface area contributed by atoms with Gasteiger partial charge in [0.15, 0.2) is 0 Å². The molecule has 2 aromatic rings. The van der Waals surface area contributed by atoms with Crippen LogP contribution in [0.5, 0.6) is 0 Å². The molecule has 0 N–H and O–H groups in total. The molecule has 0 unspecified atom stereocenters. The smallest absolute Gasteiger partial charge is 0.308 e. The van der Waals surface area contributed by atoms with Gasteiger partial charge in [-0.2, -0.15) is 9.40 Å². The summed E-state index contributed by atoms with van der Waals surface area (Å²) in [6, 6.07) is 9.73. The number of hydrogen-bond donors (Lipinski definition) is 0. The average molecular weight is 418 g/mol. The first-order valence-corrected chi connectivity index (χ1v) is 11.7. The Bertz CT molecular complexity index is 957. The summed E-state index contributed by atoms with van der Waals surface area (Å²) >= 11 is 0. The van der Waals surface area contributed by atoms with E-state index < -0.39 is 10.0 Å². The van der Waals surface area contributed by atoms with E-state index in [1.54, 1.807) is 6.20 Å². The minimum Gasteiger partial charge on any atom is -0.469 e. The largest absolute Gasteiger partial charge is 0.469 e. The molecule has 4 rings (SSSR count). The third-order valence-corrected chi connectivity index (χ3v) is 7.95. The predicted molar refractivity (Wildman–Crippen MR) is 109 cm³/mol. The van der Waals surface area contributed by atoms with Crippen molar-refractivity contribution in [3.63, 3.8) is 0 Å². The first-order chi connectivity index (χ1) is 14.0. The van der Waals surface area contributed by atoms with Gasteiger partial charge in [0.1, 0.15) is 10.6 Å². The van der Waals surface area contributed by atoms with Crippen molar-refractivity contribution in [3.8, 4) is 11.3 Å². The number of benzene rings is 1. The molecule has 1 aromatic carbocycles. The normalized spacial score (nSPS) is 19.5. The van der Waals surface area contributed by atoms with Crippen LogP contribution in [0.25, 0.3) is 11.3 Å². The van der Waals surface area contributed by atoms with Gasteiger partial charge in [-0.3, -0.25) is 9.48 Å². The second kappa shape index (κ2) is 8.28. The minimum absolute atomic E-state index is 0.235. The Morgan fingerprint density at radius 2 is 1.72 bits per heavy atom. The number of sulfonamides is 1. The number of hydrogen-bond acceptors (Lipinski definition) is 5. The van der Waals surface area contributed by atoms with E-state index in [0.29, 0.717) is 31.6 Å². The Morgan fingerprint density at radius 1 is 1.07 bits per heavy atom. The van der Waals surface area contributed by atoms with E-state index in [1.807, 2.05) is 35.0 Å². The lowest BCUT2D eigenvalue weighted by atomic mass is 9.99. The van der Waals surface area contributed by atoms with E-state index in [1.165, 1.54) is 11.4 Å². The predicted octanol–water partition coefficient (Wildman–Crippen LogP) is 3.24. The Hall–Kier alpha value is -2.19. The van der Waals surface area contributed by atoms with Gasteiger partial charge in [0.2, 0.25) is 10.0 Å². The highest BCUT2D eigenvalue weighted by atomic mass is 32.2. The van der Waals surface area contributed by atoms with Crippen LogP contribution in [0.15, 0.2) is 41.4 Å². The maximum Gasteiger partial charge on any atom is 0.308 e. The Balaban J connectivity index is 1.66. The third-order valence-electron chi connectivity index (χ3n) is 6.05. The van der Waals surface area contributed by atoms with Gasteiger partial charge in [0.05, 0.1) is 19.1 Å². The van der Waals surface area contributed by atoms with Crippen molar-refractivity contribution in [2.24, 2.45) is 5.92 Å². The monoisotopic (exact) mass is 417 g/mol. The van der Waals surface area contributed by atoms with Crippen molar-refractivity contribution in [2.75, 3.05) is 20.2 Å². The van der Waals surface area contributed by atoms with Crippen LogP contribution in [0, 0.1) is 5.92 Å². The zero-order chi connectivity index (χ0) is 20.4. The Labute approximate surface area is 171 Å². The van der Waals surface area contributed by atoms with Crippen LogP contribution < -0.4 is 0 Å². The van der Waals surface area contributed by atoms with Crippen LogP contribution in [0.3, 0.4) is 0 Å². The maximum atomic E-state index is 13.5.